The first kappa shape index (κ1) is 17.1. The van der Waals surface area contributed by atoms with Crippen molar-refractivity contribution in [2.75, 3.05) is 12.3 Å². The minimum absolute atomic E-state index is 0.0115. The van der Waals surface area contributed by atoms with Crippen molar-refractivity contribution in [3.63, 3.8) is 0 Å². The molecule has 0 radical (unpaired) electrons. The molecule has 1 heterocycles. The van der Waals surface area contributed by atoms with Gasteiger partial charge in [-0.3, -0.25) is 4.79 Å². The predicted octanol–water partition coefficient (Wildman–Crippen LogP) is 2.54. The quantitative estimate of drug-likeness (QED) is 0.807. The molecule has 1 aromatic carbocycles. The maximum absolute atomic E-state index is 12.9. The van der Waals surface area contributed by atoms with E-state index < -0.39 is 12.0 Å². The number of amides is 1. The Morgan fingerprint density at radius 3 is 2.64 bits per heavy atom. The van der Waals surface area contributed by atoms with Crippen molar-refractivity contribution in [1.29, 1.82) is 0 Å². The van der Waals surface area contributed by atoms with E-state index in [2.05, 4.69) is 12.6 Å². The molecule has 7 heteroatoms. The number of carbonyl (C=O) groups excluding carboxylic acids is 1. The normalized spacial score (nSPS) is 22.6. The summed E-state index contributed by atoms with van der Waals surface area (Å²) in [5, 5.41) is 9.32. The molecule has 1 saturated heterocycles. The first-order valence-electron chi connectivity index (χ1n) is 6.98. The molecule has 1 amide bonds. The van der Waals surface area contributed by atoms with Gasteiger partial charge in [-0.1, -0.05) is 6.92 Å². The second-order valence-corrected chi connectivity index (χ2v) is 7.10. The van der Waals surface area contributed by atoms with Gasteiger partial charge in [-0.15, -0.1) is 11.8 Å². The molecular weight excluding hydrogens is 325 g/mol. The molecule has 0 saturated carbocycles. The van der Waals surface area contributed by atoms with Crippen LogP contribution in [0.3, 0.4) is 0 Å². The Labute approximate surface area is 138 Å². The molecule has 4 nitrogen and oxygen atoms in total. The van der Waals surface area contributed by atoms with Crippen LogP contribution in [0.2, 0.25) is 0 Å². The molecule has 1 unspecified atom stereocenters. The third-order valence-electron chi connectivity index (χ3n) is 3.64. The summed E-state index contributed by atoms with van der Waals surface area (Å²) < 4.78 is 12.9. The molecule has 0 spiro atoms. The number of halogens is 1. The Morgan fingerprint density at radius 1 is 1.45 bits per heavy atom. The molecule has 0 aromatic heterocycles. The van der Waals surface area contributed by atoms with Crippen LogP contribution < -0.4 is 0 Å². The van der Waals surface area contributed by atoms with E-state index in [1.54, 1.807) is 19.1 Å². The van der Waals surface area contributed by atoms with Gasteiger partial charge in [0, 0.05) is 28.4 Å². The number of carboxylic acid groups (broad SMARTS) is 1. The highest BCUT2D eigenvalue weighted by Gasteiger charge is 2.40. The molecule has 1 N–H and O–H groups in total. The molecule has 0 bridgehead atoms. The van der Waals surface area contributed by atoms with Crippen LogP contribution in [0.25, 0.3) is 0 Å². The van der Waals surface area contributed by atoms with Gasteiger partial charge < -0.3 is 10.0 Å². The molecule has 120 valence electrons. The lowest BCUT2D eigenvalue weighted by Gasteiger charge is -2.24. The van der Waals surface area contributed by atoms with Crippen molar-refractivity contribution < 1.29 is 19.1 Å². The van der Waals surface area contributed by atoms with E-state index in [0.717, 1.165) is 4.90 Å². The monoisotopic (exact) mass is 343 g/mol. The SMILES string of the molecule is CC(CS)C(=O)N1C[C@@H](Sc2ccc(F)cc2)C[C@H]1C(=O)O. The van der Waals surface area contributed by atoms with E-state index in [9.17, 15) is 19.1 Å². The summed E-state index contributed by atoms with van der Waals surface area (Å²) in [6.07, 6.45) is 0.391. The van der Waals surface area contributed by atoms with E-state index in [-0.39, 0.29) is 22.9 Å². The number of thiol groups is 1. The molecular formula is C15H18FNO3S2. The Morgan fingerprint density at radius 2 is 2.09 bits per heavy atom. The number of hydrogen-bond donors (Lipinski definition) is 2. The number of aliphatic carboxylic acids is 1. The van der Waals surface area contributed by atoms with Crippen molar-refractivity contribution in [2.24, 2.45) is 5.92 Å². The van der Waals surface area contributed by atoms with Crippen LogP contribution >= 0.6 is 24.4 Å². The summed E-state index contributed by atoms with van der Waals surface area (Å²) in [5.74, 6) is -1.39. The maximum Gasteiger partial charge on any atom is 0.326 e. The van der Waals surface area contributed by atoms with Crippen LogP contribution in [0.15, 0.2) is 29.2 Å². The highest BCUT2D eigenvalue weighted by Crippen LogP contribution is 2.33. The van der Waals surface area contributed by atoms with Crippen molar-refractivity contribution >= 4 is 36.3 Å². The molecule has 3 atom stereocenters. The number of rotatable bonds is 5. The Bertz CT molecular complexity index is 552. The van der Waals surface area contributed by atoms with Crippen molar-refractivity contribution in [3.8, 4) is 0 Å². The van der Waals surface area contributed by atoms with E-state index in [1.165, 1.54) is 28.8 Å². The summed E-state index contributed by atoms with van der Waals surface area (Å²) >= 11 is 5.58. The molecule has 22 heavy (non-hydrogen) atoms. The van der Waals surface area contributed by atoms with Gasteiger partial charge in [0.1, 0.15) is 11.9 Å². The number of thioether (sulfide) groups is 1. The summed E-state index contributed by atoms with van der Waals surface area (Å²) in [4.78, 5) is 26.0. The second-order valence-electron chi connectivity index (χ2n) is 5.36. The molecule has 1 fully saturated rings. The zero-order valence-electron chi connectivity index (χ0n) is 12.1. The summed E-state index contributed by atoms with van der Waals surface area (Å²) in [7, 11) is 0. The van der Waals surface area contributed by atoms with Crippen molar-refractivity contribution in [1.82, 2.24) is 4.90 Å². The topological polar surface area (TPSA) is 57.6 Å². The molecule has 1 aliphatic heterocycles. The first-order chi connectivity index (χ1) is 10.4. The van der Waals surface area contributed by atoms with Gasteiger partial charge in [0.15, 0.2) is 0 Å². The van der Waals surface area contributed by atoms with Crippen LogP contribution in [0.1, 0.15) is 13.3 Å². The molecule has 1 aromatic rings. The highest BCUT2D eigenvalue weighted by molar-refractivity contribution is 8.00. The zero-order chi connectivity index (χ0) is 16.3. The van der Waals surface area contributed by atoms with Crippen LogP contribution in [0.4, 0.5) is 4.39 Å². The molecule has 2 rings (SSSR count). The summed E-state index contributed by atoms with van der Waals surface area (Å²) in [5.41, 5.74) is 0. The third kappa shape index (κ3) is 3.95. The third-order valence-corrected chi connectivity index (χ3v) is 5.41. The minimum atomic E-state index is -0.984. The van der Waals surface area contributed by atoms with E-state index in [0.29, 0.717) is 18.7 Å². The lowest BCUT2D eigenvalue weighted by atomic mass is 10.1. The standard InChI is InChI=1S/C15H18FNO3S2/c1-9(8-21)14(18)17-7-12(6-13(17)15(19)20)22-11-4-2-10(16)3-5-11/h2-5,9,12-13,21H,6-8H2,1H3,(H,19,20)/t9?,12-,13-/m0/s1. The number of likely N-dealkylation sites (tertiary alicyclic amines) is 1. The van der Waals surface area contributed by atoms with Gasteiger partial charge in [0.25, 0.3) is 0 Å². The summed E-state index contributed by atoms with van der Waals surface area (Å²) in [6.45, 7) is 2.13. The average Bonchev–Trinajstić information content (AvgIpc) is 2.92. The van der Waals surface area contributed by atoms with Gasteiger partial charge in [0.2, 0.25) is 5.91 Å². The minimum Gasteiger partial charge on any atom is -0.480 e. The number of nitrogens with zero attached hydrogens (tertiary/aromatic N) is 1. The van der Waals surface area contributed by atoms with Gasteiger partial charge in [-0.2, -0.15) is 12.6 Å². The van der Waals surface area contributed by atoms with Gasteiger partial charge in [0.05, 0.1) is 0 Å². The van der Waals surface area contributed by atoms with Crippen molar-refractivity contribution in [3.05, 3.63) is 30.1 Å². The second kappa shape index (κ2) is 7.37. The first-order valence-corrected chi connectivity index (χ1v) is 8.50. The van der Waals surface area contributed by atoms with Crippen LogP contribution in [-0.4, -0.2) is 45.5 Å². The van der Waals surface area contributed by atoms with Gasteiger partial charge >= 0.3 is 5.97 Å². The number of carbonyl (C=O) groups is 2. The molecule has 1 aliphatic rings. The van der Waals surface area contributed by atoms with E-state index >= 15 is 0 Å². The van der Waals surface area contributed by atoms with E-state index in [4.69, 9.17) is 0 Å². The van der Waals surface area contributed by atoms with Crippen LogP contribution in [0, 0.1) is 11.7 Å². The average molecular weight is 343 g/mol. The van der Waals surface area contributed by atoms with E-state index in [1.807, 2.05) is 0 Å². The lowest BCUT2D eigenvalue weighted by Crippen LogP contribution is -2.43. The largest absolute Gasteiger partial charge is 0.480 e. The fourth-order valence-electron chi connectivity index (χ4n) is 2.43. The lowest BCUT2D eigenvalue weighted by molar-refractivity contribution is -0.149. The number of benzene rings is 1. The fraction of sp³-hybridized carbons (Fsp3) is 0.467. The number of hydrogen-bond acceptors (Lipinski definition) is 4. The Balaban J connectivity index is 2.08. The maximum atomic E-state index is 12.9. The van der Waals surface area contributed by atoms with Crippen LogP contribution in [0.5, 0.6) is 0 Å². The molecule has 0 aliphatic carbocycles. The number of carboxylic acids is 1. The van der Waals surface area contributed by atoms with Gasteiger partial charge in [-0.25, -0.2) is 9.18 Å². The Kier molecular flexibility index (Phi) is 5.74. The Hall–Kier alpha value is -1.21. The predicted molar refractivity (Wildman–Crippen MR) is 86.8 cm³/mol. The highest BCUT2D eigenvalue weighted by atomic mass is 32.2. The smallest absolute Gasteiger partial charge is 0.326 e. The summed E-state index contributed by atoms with van der Waals surface area (Å²) in [6, 6.07) is 5.27. The fourth-order valence-corrected chi connectivity index (χ4v) is 3.78. The van der Waals surface area contributed by atoms with Crippen LogP contribution in [-0.2, 0) is 9.59 Å². The van der Waals surface area contributed by atoms with Crippen molar-refractivity contribution in [2.45, 2.75) is 29.5 Å². The van der Waals surface area contributed by atoms with Gasteiger partial charge in [-0.05, 0) is 30.7 Å². The zero-order valence-corrected chi connectivity index (χ0v) is 13.8.